The van der Waals surface area contributed by atoms with E-state index in [1.165, 1.54) is 11.8 Å². The third-order valence-corrected chi connectivity index (χ3v) is 5.41. The van der Waals surface area contributed by atoms with Crippen molar-refractivity contribution in [1.82, 2.24) is 5.32 Å². The molecule has 1 aliphatic rings. The van der Waals surface area contributed by atoms with Crippen molar-refractivity contribution in [3.8, 4) is 0 Å². The maximum atomic E-state index is 12.8. The second-order valence-electron chi connectivity index (χ2n) is 6.11. The van der Waals surface area contributed by atoms with Crippen LogP contribution in [0.5, 0.6) is 0 Å². The molecule has 1 aliphatic heterocycles. The minimum Gasteiger partial charge on any atom is -0.351 e. The lowest BCUT2D eigenvalue weighted by Crippen LogP contribution is -2.40. The fraction of sp³-hybridized carbons (Fsp3) is 0.350. The minimum absolute atomic E-state index is 0.0224. The zero-order valence-corrected chi connectivity index (χ0v) is 15.2. The number of carbonyl (C=O) groups excluding carboxylic acids is 1. The molecule has 2 aromatic carbocycles. The van der Waals surface area contributed by atoms with Crippen LogP contribution in [0.2, 0.25) is 0 Å². The Balaban J connectivity index is 1.70. The van der Waals surface area contributed by atoms with Crippen LogP contribution in [0.25, 0.3) is 0 Å². The van der Waals surface area contributed by atoms with Gasteiger partial charge in [-0.25, -0.2) is 0 Å². The van der Waals surface area contributed by atoms with Gasteiger partial charge < -0.3 is 14.8 Å². The maximum Gasteiger partial charge on any atom is 0.238 e. The first-order chi connectivity index (χ1) is 12.1. The monoisotopic (exact) mass is 357 g/mol. The Morgan fingerprint density at radius 2 is 1.56 bits per heavy atom. The van der Waals surface area contributed by atoms with Crippen LogP contribution in [0.15, 0.2) is 65.6 Å². The first-order valence-electron chi connectivity index (χ1n) is 8.48. The average Bonchev–Trinajstić information content (AvgIpc) is 2.98. The number of rotatable bonds is 6. The lowest BCUT2D eigenvalue weighted by atomic mass is 10.2. The number of ether oxygens (including phenoxy) is 2. The molecular formula is C20H23NO3S. The van der Waals surface area contributed by atoms with Crippen LogP contribution in [-0.2, 0) is 20.8 Å². The number of benzene rings is 2. The van der Waals surface area contributed by atoms with Crippen molar-refractivity contribution in [2.45, 2.75) is 49.0 Å². The summed E-state index contributed by atoms with van der Waals surface area (Å²) in [4.78, 5) is 13.8. The molecule has 3 atom stereocenters. The van der Waals surface area contributed by atoms with E-state index in [2.05, 4.69) is 5.32 Å². The summed E-state index contributed by atoms with van der Waals surface area (Å²) in [6.45, 7) is 4.43. The summed E-state index contributed by atoms with van der Waals surface area (Å²) in [6.07, 6.45) is -0.595. The highest BCUT2D eigenvalue weighted by molar-refractivity contribution is 8.00. The fourth-order valence-corrected chi connectivity index (χ4v) is 3.62. The summed E-state index contributed by atoms with van der Waals surface area (Å²) < 4.78 is 11.8. The van der Waals surface area contributed by atoms with Crippen LogP contribution in [0.3, 0.4) is 0 Å². The van der Waals surface area contributed by atoms with Crippen molar-refractivity contribution in [3.63, 3.8) is 0 Å². The van der Waals surface area contributed by atoms with Gasteiger partial charge in [0.05, 0.1) is 12.2 Å². The predicted molar refractivity (Wildman–Crippen MR) is 99.3 cm³/mol. The summed E-state index contributed by atoms with van der Waals surface area (Å²) in [5.41, 5.74) is 1.06. The van der Waals surface area contributed by atoms with E-state index in [9.17, 15) is 4.79 Å². The Hall–Kier alpha value is -1.82. The van der Waals surface area contributed by atoms with E-state index in [1.807, 2.05) is 74.5 Å². The second-order valence-corrected chi connectivity index (χ2v) is 7.32. The van der Waals surface area contributed by atoms with E-state index in [-0.39, 0.29) is 18.1 Å². The van der Waals surface area contributed by atoms with Gasteiger partial charge in [-0.15, -0.1) is 11.8 Å². The Morgan fingerprint density at radius 3 is 2.16 bits per heavy atom. The number of thioether (sulfide) groups is 1. The highest BCUT2D eigenvalue weighted by Gasteiger charge is 2.39. The van der Waals surface area contributed by atoms with Crippen molar-refractivity contribution < 1.29 is 14.3 Å². The molecule has 0 saturated carbocycles. The SMILES string of the molecule is C[C@@H]1OC(C(Sc2ccccc2)C(=O)NCc2ccccc2)O[C@H]1C. The van der Waals surface area contributed by atoms with Crippen molar-refractivity contribution in [3.05, 3.63) is 66.2 Å². The van der Waals surface area contributed by atoms with E-state index in [0.717, 1.165) is 10.5 Å². The molecule has 1 N–H and O–H groups in total. The van der Waals surface area contributed by atoms with Gasteiger partial charge in [0, 0.05) is 11.4 Å². The molecule has 25 heavy (non-hydrogen) atoms. The Bertz CT molecular complexity index is 670. The summed E-state index contributed by atoms with van der Waals surface area (Å²) in [6, 6.07) is 19.7. The summed E-state index contributed by atoms with van der Waals surface area (Å²) in [7, 11) is 0. The molecule has 1 heterocycles. The number of nitrogens with one attached hydrogen (secondary N) is 1. The van der Waals surface area contributed by atoms with E-state index in [1.54, 1.807) is 0 Å². The maximum absolute atomic E-state index is 12.8. The van der Waals surface area contributed by atoms with E-state index in [0.29, 0.717) is 6.54 Å². The quantitative estimate of drug-likeness (QED) is 0.802. The summed E-state index contributed by atoms with van der Waals surface area (Å²) in [5, 5.41) is 2.55. The molecule has 0 aromatic heterocycles. The molecule has 0 radical (unpaired) electrons. The largest absolute Gasteiger partial charge is 0.351 e. The average molecular weight is 357 g/mol. The molecule has 0 aliphatic carbocycles. The number of carbonyl (C=O) groups is 1. The third kappa shape index (κ3) is 4.84. The first-order valence-corrected chi connectivity index (χ1v) is 9.35. The van der Waals surface area contributed by atoms with Gasteiger partial charge in [-0.05, 0) is 31.5 Å². The van der Waals surface area contributed by atoms with Gasteiger partial charge in [0.2, 0.25) is 5.91 Å². The molecular weight excluding hydrogens is 334 g/mol. The fourth-order valence-electron chi connectivity index (χ4n) is 2.58. The summed E-state index contributed by atoms with van der Waals surface area (Å²) >= 11 is 1.47. The number of hydrogen-bond donors (Lipinski definition) is 1. The second kappa shape index (κ2) is 8.52. The highest BCUT2D eigenvalue weighted by Crippen LogP contribution is 2.32. The molecule has 1 fully saturated rings. The zero-order valence-electron chi connectivity index (χ0n) is 14.4. The smallest absolute Gasteiger partial charge is 0.238 e. The topological polar surface area (TPSA) is 47.6 Å². The standard InChI is InChI=1S/C20H23NO3S/c1-14-15(2)24-20(23-14)18(25-17-11-7-4-8-12-17)19(22)21-13-16-9-5-3-6-10-16/h3-12,14-15,18,20H,13H2,1-2H3,(H,21,22)/t14-,15-,18?/m0/s1. The summed E-state index contributed by atoms with van der Waals surface area (Å²) in [5.74, 6) is -0.0796. The van der Waals surface area contributed by atoms with E-state index in [4.69, 9.17) is 9.47 Å². The minimum atomic E-state index is -0.550. The molecule has 132 valence electrons. The molecule has 4 nitrogen and oxygen atoms in total. The first kappa shape index (κ1) is 18.0. The van der Waals surface area contributed by atoms with Crippen molar-refractivity contribution in [2.24, 2.45) is 0 Å². The lowest BCUT2D eigenvalue weighted by Gasteiger charge is -2.22. The van der Waals surface area contributed by atoms with Gasteiger partial charge in [0.15, 0.2) is 6.29 Å². The zero-order chi connectivity index (χ0) is 17.6. The number of amides is 1. The van der Waals surface area contributed by atoms with Gasteiger partial charge in [0.25, 0.3) is 0 Å². The van der Waals surface area contributed by atoms with Crippen LogP contribution in [0.1, 0.15) is 19.4 Å². The third-order valence-electron chi connectivity index (χ3n) is 4.18. The van der Waals surface area contributed by atoms with Gasteiger partial charge >= 0.3 is 0 Å². The molecule has 1 saturated heterocycles. The van der Waals surface area contributed by atoms with Crippen LogP contribution in [0, 0.1) is 0 Å². The van der Waals surface area contributed by atoms with Crippen molar-refractivity contribution in [1.29, 1.82) is 0 Å². The van der Waals surface area contributed by atoms with Crippen LogP contribution < -0.4 is 5.32 Å². The highest BCUT2D eigenvalue weighted by atomic mass is 32.2. The molecule has 1 amide bonds. The molecule has 3 rings (SSSR count). The predicted octanol–water partition coefficient (Wildman–Crippen LogP) is 3.61. The molecule has 1 unspecified atom stereocenters. The van der Waals surface area contributed by atoms with Gasteiger partial charge in [0.1, 0.15) is 5.25 Å². The molecule has 0 spiro atoms. The van der Waals surface area contributed by atoms with Gasteiger partial charge in [-0.3, -0.25) is 4.79 Å². The molecule has 2 aromatic rings. The van der Waals surface area contributed by atoms with Crippen molar-refractivity contribution in [2.75, 3.05) is 0 Å². The van der Waals surface area contributed by atoms with Crippen LogP contribution in [0.4, 0.5) is 0 Å². The number of hydrogen-bond acceptors (Lipinski definition) is 4. The Labute approximate surface area is 152 Å². The van der Waals surface area contributed by atoms with Gasteiger partial charge in [-0.2, -0.15) is 0 Å². The Morgan fingerprint density at radius 1 is 1.00 bits per heavy atom. The van der Waals surface area contributed by atoms with Gasteiger partial charge in [-0.1, -0.05) is 48.5 Å². The normalized spacial score (nSPS) is 21.8. The molecule has 5 heteroatoms. The lowest BCUT2D eigenvalue weighted by molar-refractivity contribution is -0.130. The van der Waals surface area contributed by atoms with Crippen molar-refractivity contribution >= 4 is 17.7 Å². The van der Waals surface area contributed by atoms with Crippen LogP contribution in [-0.4, -0.2) is 29.7 Å². The Kier molecular flexibility index (Phi) is 6.13. The van der Waals surface area contributed by atoms with E-state index >= 15 is 0 Å². The van der Waals surface area contributed by atoms with Crippen LogP contribution >= 0.6 is 11.8 Å². The molecule has 0 bridgehead atoms. The van der Waals surface area contributed by atoms with E-state index < -0.39 is 11.5 Å².